The topological polar surface area (TPSA) is 68.1 Å². The summed E-state index contributed by atoms with van der Waals surface area (Å²) in [5.41, 5.74) is 6.01. The van der Waals surface area contributed by atoms with E-state index < -0.39 is 0 Å². The first-order valence-corrected chi connectivity index (χ1v) is 11.5. The van der Waals surface area contributed by atoms with Crippen LogP contribution in [0.3, 0.4) is 0 Å². The fourth-order valence-electron chi connectivity index (χ4n) is 5.74. The van der Waals surface area contributed by atoms with Crippen molar-refractivity contribution >= 4 is 57.2 Å². The third-order valence-corrected chi connectivity index (χ3v) is 7.16. The maximum absolute atomic E-state index is 13.3. The molecule has 7 heteroatoms. The van der Waals surface area contributed by atoms with Gasteiger partial charge in [0.15, 0.2) is 0 Å². The average molecular weight is 475 g/mol. The number of aryl methyl sites for hydroxylation is 2. The Morgan fingerprint density at radius 3 is 2.41 bits per heavy atom. The molecule has 2 aliphatic heterocycles. The molecule has 6 nitrogen and oxygen atoms in total. The molecule has 2 aromatic carbocycles. The van der Waals surface area contributed by atoms with Crippen LogP contribution < -0.4 is 10.6 Å². The molecule has 6 rings (SSSR count). The average Bonchev–Trinajstić information content (AvgIpc) is 3.42. The normalized spacial score (nSPS) is 17.9. The van der Waals surface area contributed by atoms with Gasteiger partial charge in [0.25, 0.3) is 11.8 Å². The molecule has 2 N–H and O–H groups in total. The Kier molecular flexibility index (Phi) is 5.58. The minimum absolute atomic E-state index is 0. The van der Waals surface area contributed by atoms with E-state index in [2.05, 4.69) is 27.3 Å². The maximum atomic E-state index is 13.3. The van der Waals surface area contributed by atoms with Crippen molar-refractivity contribution in [3.05, 3.63) is 71.5 Å². The van der Waals surface area contributed by atoms with Crippen molar-refractivity contribution in [2.24, 2.45) is 13.0 Å². The summed E-state index contributed by atoms with van der Waals surface area (Å²) in [5, 5.41) is 7.92. The van der Waals surface area contributed by atoms with Crippen molar-refractivity contribution in [1.82, 2.24) is 19.8 Å². The number of rotatable bonds is 4. The van der Waals surface area contributed by atoms with Crippen molar-refractivity contribution in [3.63, 3.8) is 0 Å². The highest BCUT2D eigenvalue weighted by molar-refractivity contribution is 6.51. The van der Waals surface area contributed by atoms with Gasteiger partial charge in [-0.2, -0.15) is 0 Å². The summed E-state index contributed by atoms with van der Waals surface area (Å²) in [7, 11) is 3.95. The summed E-state index contributed by atoms with van der Waals surface area (Å²) in [4.78, 5) is 26.5. The first kappa shape index (κ1) is 22.4. The van der Waals surface area contributed by atoms with Crippen LogP contribution in [0.15, 0.2) is 54.7 Å². The van der Waals surface area contributed by atoms with E-state index in [0.717, 1.165) is 64.6 Å². The third-order valence-electron chi connectivity index (χ3n) is 7.16. The van der Waals surface area contributed by atoms with Crippen molar-refractivity contribution in [1.29, 1.82) is 0 Å². The smallest absolute Gasteiger partial charge is 0.259 e. The summed E-state index contributed by atoms with van der Waals surface area (Å²) >= 11 is 0. The number of para-hydroxylation sites is 2. The summed E-state index contributed by atoms with van der Waals surface area (Å²) in [6, 6.07) is 16.3. The highest BCUT2D eigenvalue weighted by Gasteiger charge is 2.38. The van der Waals surface area contributed by atoms with Crippen molar-refractivity contribution in [2.45, 2.75) is 19.4 Å². The maximum Gasteiger partial charge on any atom is 0.259 e. The molecule has 4 heterocycles. The second kappa shape index (κ2) is 8.46. The van der Waals surface area contributed by atoms with Gasteiger partial charge in [-0.25, -0.2) is 0 Å². The lowest BCUT2D eigenvalue weighted by atomic mass is 9.89. The number of carbonyl (C=O) groups excluding carboxylic acids is 2. The molecule has 1 unspecified atom stereocenters. The highest BCUT2D eigenvalue weighted by Crippen LogP contribution is 2.42. The first-order valence-electron chi connectivity index (χ1n) is 11.5. The van der Waals surface area contributed by atoms with E-state index >= 15 is 0 Å². The van der Waals surface area contributed by atoms with Gasteiger partial charge in [-0.15, -0.1) is 12.4 Å². The second-order valence-electron chi connectivity index (χ2n) is 9.11. The Morgan fingerprint density at radius 2 is 1.65 bits per heavy atom. The van der Waals surface area contributed by atoms with Crippen LogP contribution in [-0.4, -0.2) is 34.5 Å². The fourth-order valence-corrected chi connectivity index (χ4v) is 5.74. The van der Waals surface area contributed by atoms with E-state index in [-0.39, 0.29) is 24.2 Å². The number of hydrogen-bond acceptors (Lipinski definition) is 3. The zero-order valence-electron chi connectivity index (χ0n) is 19.2. The predicted molar refractivity (Wildman–Crippen MR) is 138 cm³/mol. The second-order valence-corrected chi connectivity index (χ2v) is 9.11. The van der Waals surface area contributed by atoms with Crippen LogP contribution in [-0.2, 0) is 29.6 Å². The number of nitrogens with zero attached hydrogens (tertiary/aromatic N) is 2. The van der Waals surface area contributed by atoms with E-state index in [1.807, 2.05) is 61.3 Å². The summed E-state index contributed by atoms with van der Waals surface area (Å²) in [6.07, 6.45) is 3.93. The van der Waals surface area contributed by atoms with Gasteiger partial charge in [-0.1, -0.05) is 36.4 Å². The molecule has 2 amide bonds. The van der Waals surface area contributed by atoms with Crippen LogP contribution in [0.5, 0.6) is 0 Å². The Labute approximate surface area is 204 Å². The van der Waals surface area contributed by atoms with Crippen molar-refractivity contribution in [2.75, 3.05) is 13.6 Å². The number of imide groups is 1. The van der Waals surface area contributed by atoms with Gasteiger partial charge in [0.05, 0.1) is 11.1 Å². The molecule has 0 saturated heterocycles. The van der Waals surface area contributed by atoms with Crippen LogP contribution in [0.2, 0.25) is 0 Å². The number of nitrogens with one attached hydrogen (secondary N) is 2. The Balaban J connectivity index is 0.00000241. The minimum Gasteiger partial charge on any atom is -0.350 e. The molecule has 0 radical (unpaired) electrons. The molecule has 2 aromatic heterocycles. The molecule has 1 atom stereocenters. The van der Waals surface area contributed by atoms with Gasteiger partial charge in [0.2, 0.25) is 0 Å². The molecule has 4 aromatic rings. The number of aromatic nitrogens is 2. The van der Waals surface area contributed by atoms with Gasteiger partial charge in [-0.3, -0.25) is 14.9 Å². The summed E-state index contributed by atoms with van der Waals surface area (Å²) < 4.78 is 4.36. The highest BCUT2D eigenvalue weighted by atomic mass is 35.5. The molecule has 0 spiro atoms. The number of hydrogen-bond donors (Lipinski definition) is 2. The Bertz CT molecular complexity index is 1490. The van der Waals surface area contributed by atoms with E-state index in [1.165, 1.54) is 0 Å². The lowest BCUT2D eigenvalue weighted by molar-refractivity contribution is -0.122. The SMILES string of the molecule is CNCC1CCn2c(c(C3=C(c4cn(C)c5ccccc45)C(=O)NC3=O)c3ccccc32)C1.Cl. The van der Waals surface area contributed by atoms with E-state index in [9.17, 15) is 9.59 Å². The fraction of sp³-hybridized carbons (Fsp3) is 0.259. The largest absolute Gasteiger partial charge is 0.350 e. The molecule has 2 aliphatic rings. The lowest BCUT2D eigenvalue weighted by Crippen LogP contribution is -2.28. The van der Waals surface area contributed by atoms with Crippen LogP contribution in [0.1, 0.15) is 23.2 Å². The number of amides is 2. The van der Waals surface area contributed by atoms with Crippen LogP contribution in [0.25, 0.3) is 33.0 Å². The minimum atomic E-state index is -0.321. The van der Waals surface area contributed by atoms with Gasteiger partial charge >= 0.3 is 0 Å². The summed E-state index contributed by atoms with van der Waals surface area (Å²) in [5.74, 6) is -0.136. The molecular formula is C27H27ClN4O2. The predicted octanol–water partition coefficient (Wildman–Crippen LogP) is 3.90. The number of fused-ring (bicyclic) bond motifs is 4. The van der Waals surface area contributed by atoms with Gasteiger partial charge in [-0.05, 0) is 44.5 Å². The van der Waals surface area contributed by atoms with E-state index in [4.69, 9.17) is 0 Å². The van der Waals surface area contributed by atoms with Crippen molar-refractivity contribution in [3.8, 4) is 0 Å². The Hall–Kier alpha value is -3.35. The quantitative estimate of drug-likeness (QED) is 0.441. The molecule has 0 fully saturated rings. The van der Waals surface area contributed by atoms with E-state index in [1.54, 1.807) is 0 Å². The third kappa shape index (κ3) is 3.21. The zero-order chi connectivity index (χ0) is 22.7. The molecular weight excluding hydrogens is 448 g/mol. The molecule has 0 bridgehead atoms. The monoisotopic (exact) mass is 474 g/mol. The summed E-state index contributed by atoms with van der Waals surface area (Å²) in [6.45, 7) is 1.84. The number of carbonyl (C=O) groups is 2. The first-order chi connectivity index (χ1) is 16.1. The van der Waals surface area contributed by atoms with Gasteiger partial charge < -0.3 is 14.5 Å². The van der Waals surface area contributed by atoms with Crippen molar-refractivity contribution < 1.29 is 9.59 Å². The molecule has 34 heavy (non-hydrogen) atoms. The standard InChI is InChI=1S/C27H26N4O2.ClH/c1-28-14-16-11-12-31-21-10-6-4-8-18(21)23(22(31)13-16)25-24(26(32)29-27(25)33)19-15-30(2)20-9-5-3-7-17(19)20;/h3-10,15-16,28H,11-14H2,1-2H3,(H,29,32,33);1H. The Morgan fingerprint density at radius 1 is 0.971 bits per heavy atom. The van der Waals surface area contributed by atoms with E-state index in [0.29, 0.717) is 17.1 Å². The van der Waals surface area contributed by atoms with Crippen LogP contribution >= 0.6 is 12.4 Å². The number of benzene rings is 2. The molecule has 0 aliphatic carbocycles. The van der Waals surface area contributed by atoms with Gasteiger partial charge in [0, 0.05) is 58.4 Å². The molecule has 174 valence electrons. The lowest BCUT2D eigenvalue weighted by Gasteiger charge is -2.25. The molecule has 0 saturated carbocycles. The number of halogens is 1. The van der Waals surface area contributed by atoms with Crippen LogP contribution in [0.4, 0.5) is 0 Å². The van der Waals surface area contributed by atoms with Crippen LogP contribution in [0, 0.1) is 5.92 Å². The van der Waals surface area contributed by atoms with Gasteiger partial charge in [0.1, 0.15) is 0 Å². The zero-order valence-corrected chi connectivity index (χ0v) is 20.0.